The van der Waals surface area contributed by atoms with E-state index in [9.17, 15) is 63.8 Å². The van der Waals surface area contributed by atoms with Gasteiger partial charge in [0.2, 0.25) is 0 Å². The van der Waals surface area contributed by atoms with Crippen LogP contribution in [-0.2, 0) is 57.3 Å². The van der Waals surface area contributed by atoms with Gasteiger partial charge in [0.05, 0.1) is 157 Å². The first-order valence-corrected chi connectivity index (χ1v) is 45.3. The number of halogens is 13. The molecule has 12 aromatic rings. The smallest absolute Gasteiger partial charge is 0.587 e. The number of β-amino-alcohol motifs (C(OH)–C–C–N with tert-alkyl or cyclic N) is 1. The van der Waals surface area contributed by atoms with Gasteiger partial charge in [0.1, 0.15) is 52.4 Å². The molecule has 131 heavy (non-hydrogen) atoms. The summed E-state index contributed by atoms with van der Waals surface area (Å²) >= 11 is 53.1. The number of imide groups is 2. The molecule has 16 rings (SSSR count). The molecule has 0 spiro atoms. The number of aliphatic hydroxyl groups is 2. The number of carbonyl (C=O) groups excluding carboxylic acids is 4. The van der Waals surface area contributed by atoms with Crippen LogP contribution in [0.15, 0.2) is 233 Å². The van der Waals surface area contributed by atoms with Crippen molar-refractivity contribution in [3.05, 3.63) is 342 Å². The van der Waals surface area contributed by atoms with Crippen molar-refractivity contribution in [2.75, 3.05) is 61.4 Å². The molecule has 12 aromatic carbocycles. The minimum absolute atomic E-state index is 0. The van der Waals surface area contributed by atoms with Crippen LogP contribution >= 0.6 is 122 Å². The van der Waals surface area contributed by atoms with Crippen molar-refractivity contribution in [3.63, 3.8) is 0 Å². The summed E-state index contributed by atoms with van der Waals surface area (Å²) < 4.78 is 146. The summed E-state index contributed by atoms with van der Waals surface area (Å²) in [6, 6.07) is 56.4. The Kier molecular flexibility index (Phi) is 39.7. The second-order valence-electron chi connectivity index (χ2n) is 28.8. The molecule has 4 aliphatic heterocycles. The van der Waals surface area contributed by atoms with Gasteiger partial charge in [0.15, 0.2) is 0 Å². The molecule has 4 heterocycles. The average Bonchev–Trinajstić information content (AvgIpc) is 1.72. The van der Waals surface area contributed by atoms with Crippen molar-refractivity contribution < 1.29 is 152 Å². The number of fused-ring (bicyclic) bond motifs is 2. The van der Waals surface area contributed by atoms with Gasteiger partial charge in [-0.1, -0.05) is 189 Å². The molecule has 0 unspecified atom stereocenters. The number of epoxide rings is 2. The second-order valence-corrected chi connectivity index (χ2v) is 36.1. The van der Waals surface area contributed by atoms with E-state index < -0.39 is 80.1 Å². The van der Waals surface area contributed by atoms with Gasteiger partial charge in [0, 0.05) is 91.6 Å². The van der Waals surface area contributed by atoms with Crippen LogP contribution in [0.2, 0.25) is 40.2 Å². The maximum absolute atomic E-state index is 14.5. The maximum Gasteiger partial charge on any atom is 1.00 e. The zero-order chi connectivity index (χ0) is 93.5. The van der Waals surface area contributed by atoms with Crippen LogP contribution in [0, 0.1) is 37.1 Å². The number of benzene rings is 12. The second kappa shape index (κ2) is 48.7. The minimum atomic E-state index is -4.05. The van der Waals surface area contributed by atoms with E-state index in [4.69, 9.17) is 130 Å². The number of aliphatic hydroxyl groups excluding tert-OH is 2. The summed E-state index contributed by atoms with van der Waals surface area (Å²) in [5.41, 5.74) is 8.40. The monoisotopic (exact) mass is 2090 g/mol. The fourth-order valence-electron chi connectivity index (χ4n) is 13.4. The van der Waals surface area contributed by atoms with Gasteiger partial charge in [-0.05, 0) is 163 Å². The molecular weight excluding hydrogens is 2020 g/mol. The molecule has 0 aromatic heterocycles. The molecule has 2 saturated heterocycles. The molecule has 0 aliphatic carbocycles. The normalized spacial score (nSPS) is 14.2. The summed E-state index contributed by atoms with van der Waals surface area (Å²) in [6.45, 7) is 4.36. The van der Waals surface area contributed by atoms with Crippen LogP contribution in [0.4, 0.5) is 17.6 Å². The number of ether oxygens (including phenoxy) is 6. The number of methoxy groups -OCH3 is 4. The van der Waals surface area contributed by atoms with E-state index in [0.29, 0.717) is 159 Å². The van der Waals surface area contributed by atoms with Crippen LogP contribution < -0.4 is 70.3 Å². The molecule has 0 bridgehead atoms. The minimum Gasteiger partial charge on any atom is -0.587 e. The van der Waals surface area contributed by atoms with E-state index in [1.165, 1.54) is 82.0 Å². The topological polar surface area (TPSA) is 275 Å². The Labute approximate surface area is 851 Å². The van der Waals surface area contributed by atoms with Crippen molar-refractivity contribution in [2.45, 2.75) is 67.3 Å². The van der Waals surface area contributed by atoms with E-state index in [2.05, 4.69) is 21.2 Å². The van der Waals surface area contributed by atoms with Gasteiger partial charge in [-0.2, -0.15) is 30.3 Å². The van der Waals surface area contributed by atoms with Crippen molar-refractivity contribution in [2.24, 2.45) is 0 Å². The standard InChI is InChI=1S/C24H18Cl2FNO4.C23H21Cl2FO5S.C16H13Cl2FO2.C13H8BrCl2FO.C10H12O4S.C8H5NO2.K.H2S/c1-32-22-13(9-14(27)11-18(22)21-19(25)7-4-8-20(21)26)10-15(29)12-28-23(30)16-5-2-3-6-17(16)24(28)31;1-14-6-8-18(9-7-14)32(28,29)31-13-17(27)11-15-10-16(26)12-19(23(15)30-2)22-20(24)4-3-5-21(22)25;1-20-16-9(6-11-8-21-11)5-10(19)7-12(16)15-13(17)3-2-4-14(15)18;1-18-13-8(5-7(17)6-9(13)14)12-10(15)3-2-4-11(12)16;1-8-2-4-10(5-3-8)15(11,12)14-7-9-6-13-9;10-7-5-3-1-2-4-6(5)8(11)9-7;;/h2-9,11,15,29H,10,12H2,1H3;3-10,12,17,27H,11,13H2,1-2H3;2-5,7,11H,6,8H2,1H3;2-6H,1H3;2-5,9H,6-7H2,1H3;1-4H,(H,9,10,11);;1H2/q;;;;;;+1;/p-1/t15-;17-;11-;;9-;;;/m000.0.../s1. The van der Waals surface area contributed by atoms with Crippen molar-refractivity contribution in [3.8, 4) is 67.5 Å². The van der Waals surface area contributed by atoms with Crippen LogP contribution in [-0.4, -0.2) is 141 Å². The summed E-state index contributed by atoms with van der Waals surface area (Å²) in [4.78, 5) is 48.1. The Morgan fingerprint density at radius 3 is 1.07 bits per heavy atom. The maximum atomic E-state index is 14.5. The summed E-state index contributed by atoms with van der Waals surface area (Å²) in [7, 11) is -1.79. The molecule has 4 aliphatic rings. The number of rotatable bonds is 24. The summed E-state index contributed by atoms with van der Waals surface area (Å²) in [5, 5.41) is 27.4. The molecule has 0 saturated carbocycles. The largest absolute Gasteiger partial charge is 1.00 e. The first-order chi connectivity index (χ1) is 61.4. The Morgan fingerprint density at radius 2 is 0.725 bits per heavy atom. The van der Waals surface area contributed by atoms with Gasteiger partial charge in [-0.3, -0.25) is 22.9 Å². The first kappa shape index (κ1) is 107. The molecule has 4 amide bonds. The van der Waals surface area contributed by atoms with E-state index >= 15 is 0 Å². The number of hydrogen-bond acceptors (Lipinski definition) is 18. The fourth-order valence-corrected chi connectivity index (χ4v) is 18.3. The SMILES string of the molecule is COc1c(Br)cc(F)cc1-c1c(Cl)cccc1Cl.COc1c(C[C@H](O)CN2C(=O)c3ccccc3C2=O)cc(F)cc1-c1c(Cl)cccc1Cl.COc1c(C[C@H](O)COS(=O)(=O)c2ccc(C)cc2)cc(F)cc1-c1c(Cl)cccc1Cl.COc1c(C[C@H]2CO2)cc(F)cc1-c1c(Cl)cccc1Cl.Cc1ccc(S(=O)(=O)OC[C@@H]2CO2)cc1.O=C1[N-]C(=O)c2ccccc21.S.[K+]. The van der Waals surface area contributed by atoms with Crippen LogP contribution in [0.3, 0.4) is 0 Å². The Balaban J connectivity index is 0.000000182. The van der Waals surface area contributed by atoms with Gasteiger partial charge < -0.3 is 53.5 Å². The van der Waals surface area contributed by atoms with E-state index in [0.717, 1.165) is 21.6 Å². The third-order valence-electron chi connectivity index (χ3n) is 19.6. The molecule has 4 atom stereocenters. The Morgan fingerprint density at radius 1 is 0.420 bits per heavy atom. The van der Waals surface area contributed by atoms with E-state index in [1.807, 2.05) is 13.8 Å². The number of nitrogens with zero attached hydrogens (tertiary/aromatic N) is 2. The fraction of sp³-hybridized carbons (Fsp3) is 0.191. The Hall–Kier alpha value is -7.71. The van der Waals surface area contributed by atoms with E-state index in [-0.39, 0.29) is 124 Å². The quantitative estimate of drug-likeness (QED) is 0.0187. The van der Waals surface area contributed by atoms with Crippen LogP contribution in [0.5, 0.6) is 23.0 Å². The molecule has 2 fully saturated rings. The van der Waals surface area contributed by atoms with Gasteiger partial charge in [-0.15, -0.1) is 0 Å². The number of carbonyl (C=O) groups is 4. The van der Waals surface area contributed by atoms with Crippen molar-refractivity contribution >= 4 is 166 Å². The van der Waals surface area contributed by atoms with Crippen molar-refractivity contribution in [1.29, 1.82) is 0 Å². The third-order valence-corrected chi connectivity index (χ3v) is 25.3. The van der Waals surface area contributed by atoms with Gasteiger partial charge >= 0.3 is 51.4 Å². The van der Waals surface area contributed by atoms with Crippen LogP contribution in [0.25, 0.3) is 49.8 Å². The zero-order valence-electron chi connectivity index (χ0n) is 70.3. The number of aryl methyl sites for hydroxylation is 2. The summed E-state index contributed by atoms with van der Waals surface area (Å²) in [5.74, 6) is -2.06. The number of amides is 4. The number of hydrogen-bond donors (Lipinski definition) is 2. The van der Waals surface area contributed by atoms with E-state index in [1.54, 1.807) is 165 Å². The van der Waals surface area contributed by atoms with Crippen LogP contribution in [0.1, 0.15) is 69.2 Å². The predicted molar refractivity (Wildman–Crippen MR) is 503 cm³/mol. The predicted octanol–water partition coefficient (Wildman–Crippen LogP) is 20.3. The molecule has 2 N–H and O–H groups in total. The third kappa shape index (κ3) is 27.8. The van der Waals surface area contributed by atoms with Crippen molar-refractivity contribution in [1.82, 2.24) is 4.90 Å². The Bertz CT molecular complexity index is 6290. The van der Waals surface area contributed by atoms with Gasteiger partial charge in [-0.25, -0.2) is 17.6 Å². The molecule has 0 radical (unpaired) electrons. The zero-order valence-corrected chi connectivity index (χ0v) is 83.7. The van der Waals surface area contributed by atoms with Gasteiger partial charge in [0.25, 0.3) is 32.1 Å². The molecule has 682 valence electrons. The molecule has 37 heteroatoms. The first-order valence-electron chi connectivity index (χ1n) is 38.7. The molecule has 20 nitrogen and oxygen atoms in total. The molecular formula is C94H78BrCl8F4KN2O18S3. The average molecular weight is 2100 g/mol. The summed E-state index contributed by atoms with van der Waals surface area (Å²) in [6.07, 6.45) is -1.90.